The number of rotatable bonds is 11. The van der Waals surface area contributed by atoms with Crippen LogP contribution in [-0.2, 0) is 28.9 Å². The summed E-state index contributed by atoms with van der Waals surface area (Å²) in [6.45, 7) is 3.46. The van der Waals surface area contributed by atoms with E-state index in [0.29, 0.717) is 26.7 Å². The minimum atomic E-state index is -0.312. The first-order valence-electron chi connectivity index (χ1n) is 10.8. The molecule has 0 saturated heterocycles. The van der Waals surface area contributed by atoms with Crippen LogP contribution in [0.4, 0.5) is 22.7 Å². The van der Waals surface area contributed by atoms with Gasteiger partial charge in [0.1, 0.15) is 0 Å². The molecule has 0 aliphatic carbocycles. The number of ether oxygens (including phenoxy) is 1. The Kier molecular flexibility index (Phi) is 9.91. The van der Waals surface area contributed by atoms with E-state index in [4.69, 9.17) is 4.74 Å². The van der Waals surface area contributed by atoms with Gasteiger partial charge in [-0.3, -0.25) is 0 Å². The summed E-state index contributed by atoms with van der Waals surface area (Å²) in [6.07, 6.45) is 4.19. The molecule has 36 heavy (non-hydrogen) atoms. The third-order valence-electron chi connectivity index (χ3n) is 4.67. The number of para-hydroxylation sites is 1. The van der Waals surface area contributed by atoms with Crippen LogP contribution in [0.3, 0.4) is 0 Å². The van der Waals surface area contributed by atoms with Gasteiger partial charge < -0.3 is 0 Å². The van der Waals surface area contributed by atoms with Gasteiger partial charge in [-0.15, -0.1) is 0 Å². The summed E-state index contributed by atoms with van der Waals surface area (Å²) >= 11 is 1.02. The molecule has 0 aromatic heterocycles. The topological polar surface area (TPSA) is 104 Å². The van der Waals surface area contributed by atoms with Crippen LogP contribution in [0.25, 0.3) is 0 Å². The fourth-order valence-electron chi connectivity index (χ4n) is 2.94. The van der Waals surface area contributed by atoms with E-state index in [2.05, 4.69) is 32.8 Å². The van der Waals surface area contributed by atoms with Gasteiger partial charge in [-0.2, -0.15) is 0 Å². The molecule has 0 unspecified atom stereocenters. The van der Waals surface area contributed by atoms with E-state index in [1.165, 1.54) is 18.6 Å². The third kappa shape index (κ3) is 8.18. The predicted octanol–water partition coefficient (Wildman–Crippen LogP) is 4.57. The monoisotopic (exact) mass is 651 g/mol. The summed E-state index contributed by atoms with van der Waals surface area (Å²) in [6, 6.07) is 23.8. The predicted molar refractivity (Wildman–Crippen MR) is 142 cm³/mol. The van der Waals surface area contributed by atoms with Crippen LogP contribution in [0.15, 0.2) is 108 Å². The van der Waals surface area contributed by atoms with Crippen LogP contribution in [0.2, 0.25) is 0 Å². The standard InChI is InChI=1S/C27H25N5O3.W/c1-3-26(33)31-24-13-7-11-22(15-24)29-18-20(27(34)32-21-9-5-4-6-10-21)17-28-19-30-23-12-8-14-25(16-23)35-2;/h3-17,19,29H,1H2,2H3,(H,28,30)(H,31,33)(H,32,34);. The molecular weight excluding hydrogens is 626 g/mol. The van der Waals surface area contributed by atoms with E-state index in [1.54, 1.807) is 25.3 Å². The van der Waals surface area contributed by atoms with E-state index in [-0.39, 0.29) is 11.8 Å². The van der Waals surface area contributed by atoms with Gasteiger partial charge in [-0.05, 0) is 0 Å². The summed E-state index contributed by atoms with van der Waals surface area (Å²) in [4.78, 5) is 29.1. The second kappa shape index (κ2) is 13.6. The number of hydrogen-bond acceptors (Lipinski definition) is 5. The van der Waals surface area contributed by atoms with Crippen molar-refractivity contribution in [2.24, 2.45) is 4.99 Å². The Morgan fingerprint density at radius 2 is 1.53 bits per heavy atom. The zero-order valence-electron chi connectivity index (χ0n) is 19.5. The fraction of sp³-hybridized carbons (Fsp3) is 0.0370. The average Bonchev–Trinajstić information content (AvgIpc) is 2.89. The molecule has 0 heterocycles. The SMILES string of the molecule is C=CC(=O)Nc1cccc(N[C](=[W])C(=CN=CNc2cccc(OC)c2)C(=O)Nc2ccccc2)c1. The third-order valence-corrected chi connectivity index (χ3v) is 5.83. The van der Waals surface area contributed by atoms with Crippen LogP contribution in [0.1, 0.15) is 0 Å². The summed E-state index contributed by atoms with van der Waals surface area (Å²) in [7, 11) is 1.60. The number of hydrogen-bond donors (Lipinski definition) is 4. The van der Waals surface area contributed by atoms with Gasteiger partial charge in [0.05, 0.1) is 0 Å². The van der Waals surface area contributed by atoms with Gasteiger partial charge in [0.2, 0.25) is 0 Å². The van der Waals surface area contributed by atoms with Gasteiger partial charge in [-0.1, -0.05) is 0 Å². The van der Waals surface area contributed by atoms with Crippen LogP contribution in [0, 0.1) is 0 Å². The van der Waals surface area contributed by atoms with Gasteiger partial charge >= 0.3 is 221 Å². The first-order valence-corrected chi connectivity index (χ1v) is 12.3. The van der Waals surface area contributed by atoms with Gasteiger partial charge in [0.25, 0.3) is 0 Å². The molecule has 0 aliphatic rings. The zero-order chi connectivity index (χ0) is 25.8. The van der Waals surface area contributed by atoms with Crippen molar-refractivity contribution in [3.63, 3.8) is 0 Å². The second-order valence-electron chi connectivity index (χ2n) is 7.25. The van der Waals surface area contributed by atoms with E-state index in [9.17, 15) is 9.59 Å². The maximum absolute atomic E-state index is 13.1. The second-order valence-corrected chi connectivity index (χ2v) is 8.71. The van der Waals surface area contributed by atoms with Crippen molar-refractivity contribution < 1.29 is 33.7 Å². The first kappa shape index (κ1) is 26.3. The summed E-state index contributed by atoms with van der Waals surface area (Å²) < 4.78 is 5.87. The Balaban J connectivity index is 1.79. The number of nitrogens with zero attached hydrogens (tertiary/aromatic N) is 1. The Bertz CT molecular complexity index is 1310. The van der Waals surface area contributed by atoms with Gasteiger partial charge in [0.15, 0.2) is 0 Å². The molecule has 8 nitrogen and oxygen atoms in total. The molecule has 0 bridgehead atoms. The van der Waals surface area contributed by atoms with Crippen molar-refractivity contribution in [2.45, 2.75) is 0 Å². The van der Waals surface area contributed by atoms with Crippen molar-refractivity contribution in [2.75, 3.05) is 28.4 Å². The molecule has 0 atom stereocenters. The number of benzene rings is 3. The normalized spacial score (nSPS) is 10.9. The van der Waals surface area contributed by atoms with Crippen LogP contribution in [-0.4, -0.2) is 29.3 Å². The molecule has 4 N–H and O–H groups in total. The molecule has 3 rings (SSSR count). The molecule has 0 radical (unpaired) electrons. The van der Waals surface area contributed by atoms with Crippen LogP contribution >= 0.6 is 0 Å². The fourth-order valence-corrected chi connectivity index (χ4v) is 3.89. The van der Waals surface area contributed by atoms with Gasteiger partial charge in [0, 0.05) is 0 Å². The first-order chi connectivity index (χ1) is 17.5. The van der Waals surface area contributed by atoms with Gasteiger partial charge in [-0.25, -0.2) is 0 Å². The molecule has 2 amide bonds. The number of nitrogens with one attached hydrogen (secondary N) is 4. The molecule has 0 fully saturated rings. The number of methoxy groups -OCH3 is 1. The van der Waals surface area contributed by atoms with Crippen LogP contribution < -0.4 is 26.0 Å². The zero-order valence-corrected chi connectivity index (χ0v) is 22.5. The Labute approximate surface area is 220 Å². The molecular formula is C27H25N5O3W. The van der Waals surface area contributed by atoms with E-state index in [0.717, 1.165) is 30.8 Å². The Morgan fingerprint density at radius 3 is 2.25 bits per heavy atom. The molecule has 0 saturated carbocycles. The molecule has 0 spiro atoms. The average molecular weight is 651 g/mol. The maximum atomic E-state index is 13.1. The van der Waals surface area contributed by atoms with E-state index in [1.807, 2.05) is 60.7 Å². The minimum absolute atomic E-state index is 0.306. The van der Waals surface area contributed by atoms with E-state index >= 15 is 0 Å². The van der Waals surface area contributed by atoms with E-state index < -0.39 is 0 Å². The van der Waals surface area contributed by atoms with Crippen molar-refractivity contribution in [3.8, 4) is 5.75 Å². The van der Waals surface area contributed by atoms with Crippen LogP contribution in [0.5, 0.6) is 5.75 Å². The van der Waals surface area contributed by atoms with Crippen molar-refractivity contribution in [1.29, 1.82) is 0 Å². The summed E-state index contributed by atoms with van der Waals surface area (Å²) in [5.41, 5.74) is 3.14. The summed E-state index contributed by atoms with van der Waals surface area (Å²) in [5, 5.41) is 11.9. The number of carbonyl (C=O) groups is 2. The number of aliphatic imine (C=N–C) groups is 1. The quantitative estimate of drug-likeness (QED) is 0.138. The summed E-state index contributed by atoms with van der Waals surface area (Å²) in [5.74, 6) is 0.0999. The number of carbonyl (C=O) groups excluding carboxylic acids is 2. The molecule has 0 aliphatic heterocycles. The molecule has 182 valence electrons. The number of anilines is 4. The Hall–Kier alpha value is -4.29. The molecule has 3 aromatic rings. The molecule has 9 heteroatoms. The number of amides is 2. The Morgan fingerprint density at radius 1 is 0.861 bits per heavy atom. The molecule has 3 aromatic carbocycles. The van der Waals surface area contributed by atoms with Crippen molar-refractivity contribution in [3.05, 3.63) is 103 Å². The van der Waals surface area contributed by atoms with Crippen molar-refractivity contribution >= 4 is 44.9 Å². The van der Waals surface area contributed by atoms with Crippen molar-refractivity contribution in [1.82, 2.24) is 0 Å².